The lowest BCUT2D eigenvalue weighted by molar-refractivity contribution is -0.122. The van der Waals surface area contributed by atoms with Crippen LogP contribution in [0.4, 0.5) is 5.82 Å². The second-order valence-corrected chi connectivity index (χ2v) is 10.9. The molecule has 0 bridgehead atoms. The first kappa shape index (κ1) is 21.3. The summed E-state index contributed by atoms with van der Waals surface area (Å²) in [6.07, 6.45) is 7.81. The molecule has 3 aromatic rings. The van der Waals surface area contributed by atoms with Crippen molar-refractivity contribution >= 4 is 40.9 Å². The normalized spacial score (nSPS) is 16.9. The molecule has 0 saturated heterocycles. The summed E-state index contributed by atoms with van der Waals surface area (Å²) in [6, 6.07) is 7.70. The molecule has 3 aromatic heterocycles. The molecular weight excluding hydrogens is 444 g/mol. The summed E-state index contributed by atoms with van der Waals surface area (Å²) in [6.45, 7) is 5.11. The van der Waals surface area contributed by atoms with Gasteiger partial charge in [-0.2, -0.15) is 5.10 Å². The van der Waals surface area contributed by atoms with E-state index < -0.39 is 5.54 Å². The van der Waals surface area contributed by atoms with Crippen LogP contribution in [0.25, 0.3) is 21.7 Å². The highest BCUT2D eigenvalue weighted by Crippen LogP contribution is 2.46. The lowest BCUT2D eigenvalue weighted by Gasteiger charge is -2.27. The Morgan fingerprint density at radius 3 is 2.72 bits per heavy atom. The molecule has 6 nitrogen and oxygen atoms in total. The topological polar surface area (TPSA) is 68.1 Å². The number of rotatable bonds is 8. The van der Waals surface area contributed by atoms with Gasteiger partial charge in [0, 0.05) is 30.4 Å². The molecule has 0 aliphatic heterocycles. The minimum atomic E-state index is -0.739. The predicted molar refractivity (Wildman–Crippen MR) is 127 cm³/mol. The van der Waals surface area contributed by atoms with E-state index in [9.17, 15) is 9.59 Å². The van der Waals surface area contributed by atoms with Crippen molar-refractivity contribution < 1.29 is 9.59 Å². The Morgan fingerprint density at radius 1 is 1.34 bits per heavy atom. The molecule has 2 aliphatic rings. The number of anilines is 1. The third-order valence-electron chi connectivity index (χ3n) is 5.98. The van der Waals surface area contributed by atoms with E-state index in [1.165, 1.54) is 11.3 Å². The first-order valence-corrected chi connectivity index (χ1v) is 12.2. The number of carbonyl (C=O) groups excluding carboxylic acids is 2. The highest BCUT2D eigenvalue weighted by atomic mass is 35.5. The minimum Gasteiger partial charge on any atom is -0.301 e. The molecule has 2 aliphatic carbocycles. The molecule has 0 N–H and O–H groups in total. The molecule has 0 atom stereocenters. The fourth-order valence-corrected chi connectivity index (χ4v) is 5.07. The zero-order valence-corrected chi connectivity index (χ0v) is 19.7. The molecule has 8 heteroatoms. The lowest BCUT2D eigenvalue weighted by atomic mass is 10.1. The second kappa shape index (κ2) is 8.12. The SMILES string of the molecule is CC(C)Cn1cc(-c2ccnc(N(C(=O)C3CC3)C3(C=O)CC3)c2)c(-c2ccc(Cl)s2)n1. The molecule has 0 unspecified atom stereocenters. The third kappa shape index (κ3) is 3.99. The number of carbonyl (C=O) groups is 2. The number of pyridine rings is 1. The zero-order valence-electron chi connectivity index (χ0n) is 18.1. The third-order valence-corrected chi connectivity index (χ3v) is 7.22. The highest BCUT2D eigenvalue weighted by molar-refractivity contribution is 7.19. The van der Waals surface area contributed by atoms with E-state index in [4.69, 9.17) is 16.7 Å². The molecule has 5 rings (SSSR count). The van der Waals surface area contributed by atoms with Crippen LogP contribution in [-0.2, 0) is 16.1 Å². The highest BCUT2D eigenvalue weighted by Gasteiger charge is 2.54. The minimum absolute atomic E-state index is 0.00972. The van der Waals surface area contributed by atoms with E-state index in [2.05, 4.69) is 18.8 Å². The van der Waals surface area contributed by atoms with Gasteiger partial charge < -0.3 is 4.79 Å². The first-order valence-electron chi connectivity index (χ1n) is 11.0. The quantitative estimate of drug-likeness (QED) is 0.412. The van der Waals surface area contributed by atoms with Crippen molar-refractivity contribution in [1.29, 1.82) is 0 Å². The van der Waals surface area contributed by atoms with Crippen LogP contribution in [0.3, 0.4) is 0 Å². The van der Waals surface area contributed by atoms with Gasteiger partial charge in [-0.05, 0) is 61.4 Å². The van der Waals surface area contributed by atoms with Gasteiger partial charge in [-0.3, -0.25) is 14.4 Å². The van der Waals surface area contributed by atoms with Crippen molar-refractivity contribution in [2.24, 2.45) is 11.8 Å². The van der Waals surface area contributed by atoms with Gasteiger partial charge in [0.05, 0.1) is 9.21 Å². The van der Waals surface area contributed by atoms with Crippen LogP contribution in [0.15, 0.2) is 36.7 Å². The van der Waals surface area contributed by atoms with Crippen molar-refractivity contribution in [3.05, 3.63) is 41.0 Å². The average molecular weight is 469 g/mol. The van der Waals surface area contributed by atoms with E-state index in [1.54, 1.807) is 11.1 Å². The summed E-state index contributed by atoms with van der Waals surface area (Å²) < 4.78 is 2.67. The van der Waals surface area contributed by atoms with Crippen molar-refractivity contribution in [3.8, 4) is 21.7 Å². The smallest absolute Gasteiger partial charge is 0.232 e. The van der Waals surface area contributed by atoms with E-state index in [1.807, 2.05) is 35.1 Å². The zero-order chi connectivity index (χ0) is 22.5. The fraction of sp³-hybridized carbons (Fsp3) is 0.417. The number of aldehydes is 1. The maximum Gasteiger partial charge on any atom is 0.232 e. The fourth-order valence-electron chi connectivity index (χ4n) is 4.03. The summed E-state index contributed by atoms with van der Waals surface area (Å²) >= 11 is 7.70. The largest absolute Gasteiger partial charge is 0.301 e. The first-order chi connectivity index (χ1) is 15.4. The van der Waals surface area contributed by atoms with Crippen LogP contribution in [0, 0.1) is 11.8 Å². The van der Waals surface area contributed by atoms with Gasteiger partial charge in [0.1, 0.15) is 23.3 Å². The predicted octanol–water partition coefficient (Wildman–Crippen LogP) is 5.46. The van der Waals surface area contributed by atoms with Gasteiger partial charge >= 0.3 is 0 Å². The molecule has 0 radical (unpaired) electrons. The van der Waals surface area contributed by atoms with Crippen LogP contribution in [0.1, 0.15) is 39.5 Å². The molecule has 166 valence electrons. The van der Waals surface area contributed by atoms with Crippen LogP contribution in [0.5, 0.6) is 0 Å². The number of aromatic nitrogens is 3. The number of thiophene rings is 1. The summed E-state index contributed by atoms with van der Waals surface area (Å²) in [4.78, 5) is 32.2. The van der Waals surface area contributed by atoms with Gasteiger partial charge in [0.2, 0.25) is 5.91 Å². The number of nitrogens with zero attached hydrogens (tertiary/aromatic N) is 4. The van der Waals surface area contributed by atoms with Gasteiger partial charge in [0.15, 0.2) is 0 Å². The van der Waals surface area contributed by atoms with Crippen LogP contribution >= 0.6 is 22.9 Å². The standard InChI is InChI=1S/C24H25ClN4O2S/c1-15(2)12-28-13-18(22(27-28)19-5-6-20(25)32-19)17-7-10-26-21(11-17)29(23(31)16-3-4-16)24(14-30)8-9-24/h5-7,10-11,13-16H,3-4,8-9,12H2,1-2H3. The van der Waals surface area contributed by atoms with Gasteiger partial charge in [-0.1, -0.05) is 25.4 Å². The van der Waals surface area contributed by atoms with Crippen molar-refractivity contribution in [1.82, 2.24) is 14.8 Å². The second-order valence-electron chi connectivity index (χ2n) is 9.18. The molecule has 0 spiro atoms. The maximum atomic E-state index is 13.1. The van der Waals surface area contributed by atoms with E-state index in [0.29, 0.717) is 28.9 Å². The lowest BCUT2D eigenvalue weighted by Crippen LogP contribution is -2.45. The van der Waals surface area contributed by atoms with Gasteiger partial charge in [-0.15, -0.1) is 11.3 Å². The maximum absolute atomic E-state index is 13.1. The summed E-state index contributed by atoms with van der Waals surface area (Å²) in [7, 11) is 0. The Morgan fingerprint density at radius 2 is 2.12 bits per heavy atom. The van der Waals surface area contributed by atoms with Gasteiger partial charge in [0.25, 0.3) is 0 Å². The molecule has 2 saturated carbocycles. The molecule has 1 amide bonds. The van der Waals surface area contributed by atoms with Crippen molar-refractivity contribution in [3.63, 3.8) is 0 Å². The molecule has 3 heterocycles. The molecule has 0 aromatic carbocycles. The van der Waals surface area contributed by atoms with Crippen molar-refractivity contribution in [2.75, 3.05) is 4.90 Å². The molecule has 32 heavy (non-hydrogen) atoms. The number of hydrogen-bond acceptors (Lipinski definition) is 5. The Labute approximate surface area is 196 Å². The van der Waals surface area contributed by atoms with E-state index >= 15 is 0 Å². The number of halogens is 1. The monoisotopic (exact) mass is 468 g/mol. The van der Waals surface area contributed by atoms with Crippen LogP contribution < -0.4 is 4.90 Å². The van der Waals surface area contributed by atoms with Crippen LogP contribution in [-0.4, -0.2) is 32.5 Å². The number of amides is 1. The summed E-state index contributed by atoms with van der Waals surface area (Å²) in [5, 5.41) is 4.85. The Balaban J connectivity index is 1.58. The van der Waals surface area contributed by atoms with E-state index in [0.717, 1.165) is 47.4 Å². The van der Waals surface area contributed by atoms with Crippen molar-refractivity contribution in [2.45, 2.75) is 51.6 Å². The average Bonchev–Trinajstić information content (AvgIpc) is 3.68. The van der Waals surface area contributed by atoms with Gasteiger partial charge in [-0.25, -0.2) is 4.98 Å². The number of hydrogen-bond donors (Lipinski definition) is 0. The summed E-state index contributed by atoms with van der Waals surface area (Å²) in [5.41, 5.74) is 2.00. The van der Waals surface area contributed by atoms with Crippen LogP contribution in [0.2, 0.25) is 4.34 Å². The summed E-state index contributed by atoms with van der Waals surface area (Å²) in [5.74, 6) is 1.01. The van der Waals surface area contributed by atoms with E-state index in [-0.39, 0.29) is 11.8 Å². The Bertz CT molecular complexity index is 1180. The Hall–Kier alpha value is -2.51. The molecular formula is C24H25ClN4O2S. The molecule has 2 fully saturated rings. The Kier molecular flexibility index (Phi) is 5.42.